The molecule has 3 rings (SSSR count). The van der Waals surface area contributed by atoms with Crippen LogP contribution in [0.15, 0.2) is 48.2 Å². The predicted molar refractivity (Wildman–Crippen MR) is 107 cm³/mol. The van der Waals surface area contributed by atoms with E-state index in [4.69, 9.17) is 0 Å². The van der Waals surface area contributed by atoms with Gasteiger partial charge in [-0.1, -0.05) is 13.0 Å². The van der Waals surface area contributed by atoms with Crippen molar-refractivity contribution >= 4 is 28.8 Å². The van der Waals surface area contributed by atoms with E-state index >= 15 is 0 Å². The van der Waals surface area contributed by atoms with Gasteiger partial charge < -0.3 is 5.32 Å². The van der Waals surface area contributed by atoms with Gasteiger partial charge in [0.15, 0.2) is 0 Å². The van der Waals surface area contributed by atoms with E-state index < -0.39 is 10.8 Å². The van der Waals surface area contributed by atoms with Gasteiger partial charge in [-0.2, -0.15) is 0 Å². The lowest BCUT2D eigenvalue weighted by Gasteiger charge is -2.14. The van der Waals surface area contributed by atoms with Crippen LogP contribution in [-0.4, -0.2) is 28.2 Å². The van der Waals surface area contributed by atoms with Crippen LogP contribution in [0.3, 0.4) is 0 Å². The van der Waals surface area contributed by atoms with Crippen molar-refractivity contribution in [2.75, 3.05) is 11.9 Å². The molecule has 0 unspecified atom stereocenters. The molecule has 1 heterocycles. The molecule has 0 fully saturated rings. The Bertz CT molecular complexity index is 973. The highest BCUT2D eigenvalue weighted by Crippen LogP contribution is 2.31. The van der Waals surface area contributed by atoms with Crippen LogP contribution in [-0.2, 0) is 9.59 Å². The summed E-state index contributed by atoms with van der Waals surface area (Å²) < 4.78 is 0. The molecule has 0 bridgehead atoms. The Labute approximate surface area is 162 Å². The lowest BCUT2D eigenvalue weighted by atomic mass is 10.0. The summed E-state index contributed by atoms with van der Waals surface area (Å²) in [5.74, 6) is -0.785. The highest BCUT2D eigenvalue weighted by atomic mass is 16.6. The smallest absolute Gasteiger partial charge is 0.278 e. The fourth-order valence-corrected chi connectivity index (χ4v) is 3.33. The minimum Gasteiger partial charge on any atom is -0.350 e. The number of rotatable bonds is 6. The topological polar surface area (TPSA) is 92.6 Å². The van der Waals surface area contributed by atoms with Crippen molar-refractivity contribution in [2.45, 2.75) is 27.2 Å². The third kappa shape index (κ3) is 3.64. The van der Waals surface area contributed by atoms with E-state index in [-0.39, 0.29) is 22.9 Å². The monoisotopic (exact) mass is 379 g/mol. The molecule has 0 aliphatic carbocycles. The minimum absolute atomic E-state index is 0.0737. The molecule has 0 saturated heterocycles. The number of aryl methyl sites for hydroxylation is 2. The molecule has 2 aromatic rings. The Morgan fingerprint density at radius 2 is 1.61 bits per heavy atom. The molecule has 7 nitrogen and oxygen atoms in total. The van der Waals surface area contributed by atoms with Gasteiger partial charge in [0.1, 0.15) is 5.70 Å². The molecule has 0 spiro atoms. The summed E-state index contributed by atoms with van der Waals surface area (Å²) in [4.78, 5) is 37.5. The number of non-ortho nitro benzene ring substituents is 1. The molecule has 28 heavy (non-hydrogen) atoms. The van der Waals surface area contributed by atoms with Crippen LogP contribution in [0.1, 0.15) is 30.0 Å². The van der Waals surface area contributed by atoms with Crippen molar-refractivity contribution in [3.63, 3.8) is 0 Å². The summed E-state index contributed by atoms with van der Waals surface area (Å²) in [7, 11) is 0. The first kappa shape index (κ1) is 19.3. The lowest BCUT2D eigenvalue weighted by Crippen LogP contribution is -2.33. The number of benzene rings is 2. The number of amides is 2. The number of hydrogen-bond acceptors (Lipinski definition) is 5. The fraction of sp³-hybridized carbons (Fsp3) is 0.238. The molecule has 0 aromatic heterocycles. The summed E-state index contributed by atoms with van der Waals surface area (Å²) >= 11 is 0. The van der Waals surface area contributed by atoms with Crippen molar-refractivity contribution in [3.05, 3.63) is 75.0 Å². The van der Waals surface area contributed by atoms with Gasteiger partial charge in [-0.3, -0.25) is 24.6 Å². The van der Waals surface area contributed by atoms with Crippen LogP contribution in [0.5, 0.6) is 0 Å². The summed E-state index contributed by atoms with van der Waals surface area (Å²) in [6.07, 6.45) is 0.641. The van der Waals surface area contributed by atoms with E-state index in [0.717, 1.165) is 11.1 Å². The predicted octanol–water partition coefficient (Wildman–Crippen LogP) is 3.81. The Hall–Kier alpha value is -3.48. The third-order valence-corrected chi connectivity index (χ3v) is 4.47. The highest BCUT2D eigenvalue weighted by Gasteiger charge is 2.38. The number of hydrogen-bond donors (Lipinski definition) is 1. The molecule has 7 heteroatoms. The highest BCUT2D eigenvalue weighted by molar-refractivity contribution is 6.36. The van der Waals surface area contributed by atoms with E-state index in [1.165, 1.54) is 29.2 Å². The standard InChI is InChI=1S/C21H21N3O4/c1-4-9-23-20(25)18(15-5-7-17(8-6-15)24(27)28)19(21(23)26)22-16-11-13(2)10-14(3)12-16/h5-8,10-12,22H,4,9H2,1-3H3. The van der Waals surface area contributed by atoms with Crippen molar-refractivity contribution in [2.24, 2.45) is 0 Å². The van der Waals surface area contributed by atoms with Crippen molar-refractivity contribution in [1.82, 2.24) is 4.90 Å². The first-order valence-electron chi connectivity index (χ1n) is 9.02. The first-order chi connectivity index (χ1) is 13.3. The quantitative estimate of drug-likeness (QED) is 0.468. The number of nitrogens with one attached hydrogen (secondary N) is 1. The van der Waals surface area contributed by atoms with Gasteiger partial charge in [-0.25, -0.2) is 0 Å². The molecule has 2 amide bonds. The van der Waals surface area contributed by atoms with Crippen LogP contribution in [0.4, 0.5) is 11.4 Å². The van der Waals surface area contributed by atoms with Crippen molar-refractivity contribution < 1.29 is 14.5 Å². The van der Waals surface area contributed by atoms with Crippen LogP contribution in [0, 0.1) is 24.0 Å². The van der Waals surface area contributed by atoms with Crippen LogP contribution in [0.2, 0.25) is 0 Å². The number of nitrogens with zero attached hydrogens (tertiary/aromatic N) is 2. The molecule has 1 aliphatic rings. The van der Waals surface area contributed by atoms with Gasteiger partial charge >= 0.3 is 0 Å². The zero-order chi connectivity index (χ0) is 20.4. The van der Waals surface area contributed by atoms with Crippen LogP contribution < -0.4 is 5.32 Å². The number of carbonyl (C=O) groups is 2. The van der Waals surface area contributed by atoms with E-state index in [1.807, 2.05) is 39.0 Å². The summed E-state index contributed by atoms with van der Waals surface area (Å²) in [6.45, 7) is 6.11. The second-order valence-corrected chi connectivity index (χ2v) is 6.82. The average molecular weight is 379 g/mol. The normalized spacial score (nSPS) is 14.0. The van der Waals surface area contributed by atoms with Gasteiger partial charge in [0.25, 0.3) is 17.5 Å². The molecule has 1 aliphatic heterocycles. The van der Waals surface area contributed by atoms with Gasteiger partial charge in [0.2, 0.25) is 0 Å². The SMILES string of the molecule is CCCN1C(=O)C(Nc2cc(C)cc(C)c2)=C(c2ccc([N+](=O)[O-])cc2)C1=O. The Morgan fingerprint density at radius 1 is 1.00 bits per heavy atom. The second-order valence-electron chi connectivity index (χ2n) is 6.82. The molecule has 1 N–H and O–H groups in total. The van der Waals surface area contributed by atoms with Crippen LogP contribution in [0.25, 0.3) is 5.57 Å². The van der Waals surface area contributed by atoms with E-state index in [0.29, 0.717) is 24.2 Å². The Kier molecular flexibility index (Phi) is 5.26. The number of carbonyl (C=O) groups excluding carboxylic acids is 2. The maximum Gasteiger partial charge on any atom is 0.278 e. The van der Waals surface area contributed by atoms with Gasteiger partial charge in [0, 0.05) is 24.4 Å². The molecule has 0 radical (unpaired) electrons. The van der Waals surface area contributed by atoms with E-state index in [1.54, 1.807) is 0 Å². The third-order valence-electron chi connectivity index (χ3n) is 4.47. The van der Waals surface area contributed by atoms with Gasteiger partial charge in [0.05, 0.1) is 10.5 Å². The number of anilines is 1. The Morgan fingerprint density at radius 3 is 2.14 bits per heavy atom. The molecule has 0 saturated carbocycles. The van der Waals surface area contributed by atoms with Gasteiger partial charge in [-0.15, -0.1) is 0 Å². The summed E-state index contributed by atoms with van der Waals surface area (Å²) in [5, 5.41) is 14.0. The molecule has 2 aromatic carbocycles. The summed E-state index contributed by atoms with van der Waals surface area (Å²) in [5.41, 5.74) is 3.59. The molecular formula is C21H21N3O4. The van der Waals surface area contributed by atoms with Crippen molar-refractivity contribution in [3.8, 4) is 0 Å². The number of nitro benzene ring substituents is 1. The molecule has 0 atom stereocenters. The van der Waals surface area contributed by atoms with E-state index in [9.17, 15) is 19.7 Å². The fourth-order valence-electron chi connectivity index (χ4n) is 3.33. The second kappa shape index (κ2) is 7.64. The largest absolute Gasteiger partial charge is 0.350 e. The average Bonchev–Trinajstić information content (AvgIpc) is 2.86. The van der Waals surface area contributed by atoms with Gasteiger partial charge in [-0.05, 0) is 61.2 Å². The zero-order valence-corrected chi connectivity index (χ0v) is 16.0. The lowest BCUT2D eigenvalue weighted by molar-refractivity contribution is -0.384. The summed E-state index contributed by atoms with van der Waals surface area (Å²) in [6, 6.07) is 11.5. The number of imide groups is 1. The van der Waals surface area contributed by atoms with Crippen molar-refractivity contribution in [1.29, 1.82) is 0 Å². The molecular weight excluding hydrogens is 358 g/mol. The molecule has 144 valence electrons. The maximum absolute atomic E-state index is 12.9. The maximum atomic E-state index is 12.9. The number of nitro groups is 1. The first-order valence-corrected chi connectivity index (χ1v) is 9.02. The minimum atomic E-state index is -0.502. The van der Waals surface area contributed by atoms with Crippen LogP contribution >= 0.6 is 0 Å². The van der Waals surface area contributed by atoms with E-state index in [2.05, 4.69) is 5.32 Å². The Balaban J connectivity index is 2.08. The zero-order valence-electron chi connectivity index (χ0n) is 16.0.